The van der Waals surface area contributed by atoms with Crippen molar-refractivity contribution in [2.24, 2.45) is 5.92 Å². The van der Waals surface area contributed by atoms with Crippen LogP contribution >= 0.6 is 11.6 Å². The summed E-state index contributed by atoms with van der Waals surface area (Å²) in [6, 6.07) is 6.06. The Morgan fingerprint density at radius 1 is 1.17 bits per heavy atom. The van der Waals surface area contributed by atoms with Gasteiger partial charge < -0.3 is 19.0 Å². The number of hydrogen-bond donors (Lipinski definition) is 0. The number of fused-ring (bicyclic) bond motifs is 1. The molecule has 2 aliphatic rings. The van der Waals surface area contributed by atoms with E-state index in [4.69, 9.17) is 20.8 Å². The third-order valence-electron chi connectivity index (χ3n) is 4.78. The quantitative estimate of drug-likeness (QED) is 0.834. The van der Waals surface area contributed by atoms with Gasteiger partial charge in [0.2, 0.25) is 5.91 Å². The summed E-state index contributed by atoms with van der Waals surface area (Å²) in [5.41, 5.74) is 1.50. The Morgan fingerprint density at radius 3 is 2.67 bits per heavy atom. The number of piperidine rings is 1. The van der Waals surface area contributed by atoms with Crippen molar-refractivity contribution in [2.75, 3.05) is 44.3 Å². The molecule has 2 fully saturated rings. The minimum atomic E-state index is 0.0955. The molecule has 0 atom stereocenters. The molecular formula is C17H20ClN3O3. The number of oxazole rings is 1. The number of carbonyl (C=O) groups excluding carboxylic acids is 1. The largest absolute Gasteiger partial charge is 0.423 e. The minimum absolute atomic E-state index is 0.0955. The Morgan fingerprint density at radius 2 is 1.92 bits per heavy atom. The van der Waals surface area contributed by atoms with Gasteiger partial charge >= 0.3 is 0 Å². The van der Waals surface area contributed by atoms with Gasteiger partial charge in [-0.2, -0.15) is 4.98 Å². The highest BCUT2D eigenvalue weighted by molar-refractivity contribution is 6.31. The molecule has 6 nitrogen and oxygen atoms in total. The molecule has 2 saturated heterocycles. The van der Waals surface area contributed by atoms with Gasteiger partial charge in [0.25, 0.3) is 6.01 Å². The van der Waals surface area contributed by atoms with E-state index < -0.39 is 0 Å². The molecule has 0 N–H and O–H groups in total. The second kappa shape index (κ2) is 6.61. The molecule has 2 aromatic rings. The third kappa shape index (κ3) is 3.08. The van der Waals surface area contributed by atoms with Crippen molar-refractivity contribution < 1.29 is 13.9 Å². The molecule has 128 valence electrons. The first kappa shape index (κ1) is 15.7. The highest BCUT2D eigenvalue weighted by Gasteiger charge is 2.30. The van der Waals surface area contributed by atoms with Gasteiger partial charge in [0, 0.05) is 43.2 Å². The lowest BCUT2D eigenvalue weighted by molar-refractivity contribution is -0.140. The molecule has 0 aliphatic carbocycles. The molecule has 0 bridgehead atoms. The number of nitrogens with zero attached hydrogens (tertiary/aromatic N) is 3. The topological polar surface area (TPSA) is 58.8 Å². The summed E-state index contributed by atoms with van der Waals surface area (Å²) < 4.78 is 11.1. The van der Waals surface area contributed by atoms with Crippen molar-refractivity contribution in [1.82, 2.24) is 9.88 Å². The molecule has 24 heavy (non-hydrogen) atoms. The fraction of sp³-hybridized carbons (Fsp3) is 0.529. The first-order chi connectivity index (χ1) is 11.7. The summed E-state index contributed by atoms with van der Waals surface area (Å²) in [6.07, 6.45) is 1.66. The highest BCUT2D eigenvalue weighted by atomic mass is 35.5. The number of anilines is 1. The number of aromatic nitrogens is 1. The maximum atomic E-state index is 12.6. The number of hydrogen-bond acceptors (Lipinski definition) is 5. The summed E-state index contributed by atoms with van der Waals surface area (Å²) in [5, 5.41) is 0.639. The Kier molecular flexibility index (Phi) is 4.33. The van der Waals surface area contributed by atoms with Gasteiger partial charge in [0.1, 0.15) is 5.52 Å². The van der Waals surface area contributed by atoms with Crippen molar-refractivity contribution >= 4 is 34.6 Å². The summed E-state index contributed by atoms with van der Waals surface area (Å²) >= 11 is 5.99. The molecule has 0 saturated carbocycles. The lowest BCUT2D eigenvalue weighted by Gasteiger charge is -2.34. The number of rotatable bonds is 2. The van der Waals surface area contributed by atoms with Crippen LogP contribution in [0.25, 0.3) is 11.1 Å². The van der Waals surface area contributed by atoms with E-state index in [-0.39, 0.29) is 11.8 Å². The second-order valence-corrected chi connectivity index (χ2v) is 6.74. The number of ether oxygens (including phenoxy) is 1. The van der Waals surface area contributed by atoms with Crippen LogP contribution in [0.2, 0.25) is 5.02 Å². The second-order valence-electron chi connectivity index (χ2n) is 6.31. The van der Waals surface area contributed by atoms with Gasteiger partial charge in [0.05, 0.1) is 13.2 Å². The Balaban J connectivity index is 1.40. The summed E-state index contributed by atoms with van der Waals surface area (Å²) in [7, 11) is 0. The predicted molar refractivity (Wildman–Crippen MR) is 91.4 cm³/mol. The predicted octanol–water partition coefficient (Wildman–Crippen LogP) is 2.56. The number of amides is 1. The van der Waals surface area contributed by atoms with Gasteiger partial charge in [-0.3, -0.25) is 4.79 Å². The monoisotopic (exact) mass is 349 g/mol. The molecule has 1 aromatic carbocycles. The van der Waals surface area contributed by atoms with E-state index >= 15 is 0 Å². The number of halogens is 1. The first-order valence-electron chi connectivity index (χ1n) is 8.38. The lowest BCUT2D eigenvalue weighted by atomic mass is 9.95. The van der Waals surface area contributed by atoms with Gasteiger partial charge in [0.15, 0.2) is 5.58 Å². The van der Waals surface area contributed by atoms with Crippen molar-refractivity contribution in [1.29, 1.82) is 0 Å². The number of carbonyl (C=O) groups is 1. The molecule has 7 heteroatoms. The van der Waals surface area contributed by atoms with E-state index in [2.05, 4.69) is 9.88 Å². The van der Waals surface area contributed by atoms with Crippen LogP contribution in [0.1, 0.15) is 12.8 Å². The van der Waals surface area contributed by atoms with Gasteiger partial charge in [-0.05, 0) is 25.0 Å². The summed E-state index contributed by atoms with van der Waals surface area (Å²) in [5.74, 6) is 0.362. The molecule has 0 spiro atoms. The zero-order valence-corrected chi connectivity index (χ0v) is 14.2. The highest BCUT2D eigenvalue weighted by Crippen LogP contribution is 2.28. The van der Waals surface area contributed by atoms with Crippen LogP contribution in [-0.2, 0) is 9.53 Å². The van der Waals surface area contributed by atoms with E-state index in [9.17, 15) is 4.79 Å². The number of benzene rings is 1. The van der Waals surface area contributed by atoms with Gasteiger partial charge in [-0.25, -0.2) is 0 Å². The van der Waals surface area contributed by atoms with Crippen molar-refractivity contribution in [3.05, 3.63) is 23.2 Å². The molecule has 4 rings (SSSR count). The molecule has 0 radical (unpaired) electrons. The van der Waals surface area contributed by atoms with E-state index in [0.29, 0.717) is 42.9 Å². The van der Waals surface area contributed by atoms with Crippen LogP contribution in [0.5, 0.6) is 0 Å². The molecular weight excluding hydrogens is 330 g/mol. The van der Waals surface area contributed by atoms with Crippen LogP contribution in [-0.4, -0.2) is 55.2 Å². The molecule has 1 aromatic heterocycles. The van der Waals surface area contributed by atoms with Crippen LogP contribution in [0.15, 0.2) is 22.6 Å². The van der Waals surface area contributed by atoms with E-state index in [0.717, 1.165) is 31.4 Å². The molecule has 1 amide bonds. The normalized spacial score (nSPS) is 19.9. The lowest BCUT2D eigenvalue weighted by Crippen LogP contribution is -2.46. The van der Waals surface area contributed by atoms with E-state index in [1.54, 1.807) is 6.07 Å². The summed E-state index contributed by atoms with van der Waals surface area (Å²) in [4.78, 5) is 21.1. The minimum Gasteiger partial charge on any atom is -0.423 e. The van der Waals surface area contributed by atoms with E-state index in [1.165, 1.54) is 0 Å². The first-order valence-corrected chi connectivity index (χ1v) is 8.76. The SMILES string of the molecule is O=C(C1CCN(c2nc3ccc(Cl)cc3o2)CC1)N1CCOCC1. The molecule has 2 aliphatic heterocycles. The van der Waals surface area contributed by atoms with Crippen LogP contribution in [0, 0.1) is 5.92 Å². The Bertz CT molecular complexity index is 734. The standard InChI is InChI=1S/C17H20ClN3O3/c18-13-1-2-14-15(11-13)24-17(19-14)21-5-3-12(4-6-21)16(22)20-7-9-23-10-8-20/h1-2,11-12H,3-10H2. The Labute approximate surface area is 145 Å². The zero-order valence-electron chi connectivity index (χ0n) is 13.4. The van der Waals surface area contributed by atoms with Crippen LogP contribution in [0.4, 0.5) is 6.01 Å². The molecule has 3 heterocycles. The van der Waals surface area contributed by atoms with Crippen LogP contribution < -0.4 is 4.90 Å². The van der Waals surface area contributed by atoms with Gasteiger partial charge in [-0.1, -0.05) is 11.6 Å². The van der Waals surface area contributed by atoms with Gasteiger partial charge in [-0.15, -0.1) is 0 Å². The fourth-order valence-electron chi connectivity index (χ4n) is 3.38. The van der Waals surface area contributed by atoms with Crippen molar-refractivity contribution in [3.63, 3.8) is 0 Å². The number of morpholine rings is 1. The fourth-order valence-corrected chi connectivity index (χ4v) is 3.54. The zero-order chi connectivity index (χ0) is 16.5. The third-order valence-corrected chi connectivity index (χ3v) is 5.01. The Hall–Kier alpha value is -1.79. The average Bonchev–Trinajstić information content (AvgIpc) is 3.05. The molecule has 0 unspecified atom stereocenters. The van der Waals surface area contributed by atoms with E-state index in [1.807, 2.05) is 17.0 Å². The average molecular weight is 350 g/mol. The maximum absolute atomic E-state index is 12.6. The summed E-state index contributed by atoms with van der Waals surface area (Å²) in [6.45, 7) is 4.28. The maximum Gasteiger partial charge on any atom is 0.298 e. The van der Waals surface area contributed by atoms with Crippen molar-refractivity contribution in [2.45, 2.75) is 12.8 Å². The van der Waals surface area contributed by atoms with Crippen LogP contribution in [0.3, 0.4) is 0 Å². The smallest absolute Gasteiger partial charge is 0.298 e. The van der Waals surface area contributed by atoms with Crippen molar-refractivity contribution in [3.8, 4) is 0 Å².